The van der Waals surface area contributed by atoms with E-state index in [-0.39, 0.29) is 0 Å². The molecule has 0 radical (unpaired) electrons. The first-order valence-corrected chi connectivity index (χ1v) is 10.5. The van der Waals surface area contributed by atoms with Crippen LogP contribution in [0.15, 0.2) is 36.7 Å². The lowest BCUT2D eigenvalue weighted by molar-refractivity contribution is 0.0985. The van der Waals surface area contributed by atoms with Crippen molar-refractivity contribution in [3.8, 4) is 5.75 Å². The highest BCUT2D eigenvalue weighted by molar-refractivity contribution is 7.11. The Labute approximate surface area is 158 Å². The van der Waals surface area contributed by atoms with Crippen molar-refractivity contribution in [3.63, 3.8) is 0 Å². The second-order valence-electron chi connectivity index (χ2n) is 7.65. The molecule has 1 aromatic carbocycles. The Kier molecular flexibility index (Phi) is 4.21. The summed E-state index contributed by atoms with van der Waals surface area (Å²) < 4.78 is 8.52. The van der Waals surface area contributed by atoms with Crippen LogP contribution in [0.3, 0.4) is 0 Å². The van der Waals surface area contributed by atoms with Gasteiger partial charge in [0.05, 0.1) is 10.5 Å². The Hall–Kier alpha value is -1.85. The molecule has 0 bridgehead atoms. The maximum Gasteiger partial charge on any atom is 0.129 e. The van der Waals surface area contributed by atoms with Crippen LogP contribution in [-0.4, -0.2) is 33.6 Å². The van der Waals surface area contributed by atoms with E-state index >= 15 is 0 Å². The second kappa shape index (κ2) is 6.71. The molecule has 0 atom stereocenters. The zero-order chi connectivity index (χ0) is 17.5. The predicted molar refractivity (Wildman–Crippen MR) is 106 cm³/mol. The first-order chi connectivity index (χ1) is 12.8. The van der Waals surface area contributed by atoms with Crippen LogP contribution >= 0.6 is 11.3 Å². The van der Waals surface area contributed by atoms with E-state index in [1.54, 1.807) is 0 Å². The number of piperidine rings is 1. The van der Waals surface area contributed by atoms with Crippen molar-refractivity contribution >= 4 is 22.2 Å². The van der Waals surface area contributed by atoms with Crippen LogP contribution < -0.4 is 4.74 Å². The normalized spacial score (nSPS) is 19.3. The molecule has 3 heterocycles. The van der Waals surface area contributed by atoms with Crippen molar-refractivity contribution in [1.82, 2.24) is 14.5 Å². The number of ether oxygens (including phenoxy) is 1. The summed E-state index contributed by atoms with van der Waals surface area (Å²) in [5.74, 6) is 1.80. The molecule has 5 heteroatoms. The summed E-state index contributed by atoms with van der Waals surface area (Å²) in [5.41, 5.74) is 1.23. The Bertz CT molecular complexity index is 903. The molecule has 5 rings (SSSR count). The van der Waals surface area contributed by atoms with Crippen molar-refractivity contribution in [2.45, 2.75) is 44.2 Å². The van der Waals surface area contributed by atoms with Gasteiger partial charge in [0.2, 0.25) is 0 Å². The van der Waals surface area contributed by atoms with Crippen LogP contribution in [0.2, 0.25) is 0 Å². The van der Waals surface area contributed by atoms with Gasteiger partial charge >= 0.3 is 0 Å². The second-order valence-corrected chi connectivity index (χ2v) is 8.79. The highest BCUT2D eigenvalue weighted by Crippen LogP contribution is 2.42. The van der Waals surface area contributed by atoms with Gasteiger partial charge in [-0.25, -0.2) is 4.98 Å². The number of nitrogens with zero attached hydrogens (tertiary/aromatic N) is 3. The minimum absolute atomic E-state index is 0.320. The molecule has 4 nitrogen and oxygen atoms in total. The SMILES string of the molecule is Cn1ccc2c(OC3CCN(Cc4cnc(C5CC5)s4)CC3)cccc21. The molecule has 136 valence electrons. The lowest BCUT2D eigenvalue weighted by Gasteiger charge is -2.31. The number of hydrogen-bond donors (Lipinski definition) is 0. The molecule has 1 saturated carbocycles. The molecule has 0 N–H and O–H groups in total. The molecule has 2 aliphatic rings. The molecule has 0 amide bonds. The van der Waals surface area contributed by atoms with Gasteiger partial charge in [0.1, 0.15) is 11.9 Å². The van der Waals surface area contributed by atoms with Gasteiger partial charge in [-0.3, -0.25) is 4.90 Å². The Balaban J connectivity index is 1.18. The topological polar surface area (TPSA) is 30.3 Å². The fourth-order valence-electron chi connectivity index (χ4n) is 3.88. The summed E-state index contributed by atoms with van der Waals surface area (Å²) in [4.78, 5) is 8.58. The summed E-state index contributed by atoms with van der Waals surface area (Å²) >= 11 is 1.92. The van der Waals surface area contributed by atoms with E-state index in [2.05, 4.69) is 58.2 Å². The van der Waals surface area contributed by atoms with Crippen LogP contribution in [0.25, 0.3) is 10.9 Å². The standard InChI is InChI=1S/C21H25N3OS/c1-23-10-9-18-19(23)3-2-4-20(18)25-16-7-11-24(12-8-16)14-17-13-22-21(26-17)15-5-6-15/h2-4,9-10,13,15-16H,5-8,11-12,14H2,1H3. The third-order valence-electron chi connectivity index (χ3n) is 5.59. The molecule has 0 spiro atoms. The first kappa shape index (κ1) is 16.3. The van der Waals surface area contributed by atoms with Gasteiger partial charge in [0.15, 0.2) is 0 Å². The number of aromatic nitrogens is 2. The average molecular weight is 368 g/mol. The number of fused-ring (bicyclic) bond motifs is 1. The van der Waals surface area contributed by atoms with E-state index in [1.165, 1.54) is 33.6 Å². The van der Waals surface area contributed by atoms with E-state index in [4.69, 9.17) is 4.74 Å². The Morgan fingerprint density at radius 2 is 2.00 bits per heavy atom. The number of thiazole rings is 1. The lowest BCUT2D eigenvalue weighted by atomic mass is 10.1. The van der Waals surface area contributed by atoms with Crippen LogP contribution in [0.1, 0.15) is 41.5 Å². The number of hydrogen-bond acceptors (Lipinski definition) is 4. The van der Waals surface area contributed by atoms with E-state index in [0.29, 0.717) is 6.10 Å². The molecule has 2 aromatic heterocycles. The fourth-order valence-corrected chi connectivity index (χ4v) is 5.01. The van der Waals surface area contributed by atoms with Crippen LogP contribution in [-0.2, 0) is 13.6 Å². The van der Waals surface area contributed by atoms with E-state index < -0.39 is 0 Å². The summed E-state index contributed by atoms with van der Waals surface area (Å²) in [6, 6.07) is 8.50. The van der Waals surface area contributed by atoms with Gasteiger partial charge in [-0.15, -0.1) is 11.3 Å². The summed E-state index contributed by atoms with van der Waals surface area (Å²) in [5, 5.41) is 2.57. The van der Waals surface area contributed by atoms with Gasteiger partial charge in [0.25, 0.3) is 0 Å². The monoisotopic (exact) mass is 367 g/mol. The smallest absolute Gasteiger partial charge is 0.129 e. The van der Waals surface area contributed by atoms with E-state index in [1.807, 2.05) is 11.3 Å². The Morgan fingerprint density at radius 3 is 2.81 bits per heavy atom. The maximum absolute atomic E-state index is 6.37. The third kappa shape index (κ3) is 3.26. The summed E-state index contributed by atoms with van der Waals surface area (Å²) in [6.07, 6.45) is 9.38. The van der Waals surface area contributed by atoms with Gasteiger partial charge in [-0.05, 0) is 43.9 Å². The minimum atomic E-state index is 0.320. The number of aryl methyl sites for hydroxylation is 1. The predicted octanol–water partition coefficient (Wildman–Crippen LogP) is 4.56. The van der Waals surface area contributed by atoms with Crippen LogP contribution in [0.5, 0.6) is 5.75 Å². The Morgan fingerprint density at radius 1 is 1.15 bits per heavy atom. The summed E-state index contributed by atoms with van der Waals surface area (Å²) in [6.45, 7) is 3.25. The zero-order valence-electron chi connectivity index (χ0n) is 15.2. The van der Waals surface area contributed by atoms with Gasteiger partial charge in [-0.2, -0.15) is 0 Å². The first-order valence-electron chi connectivity index (χ1n) is 9.64. The number of likely N-dealkylation sites (tertiary alicyclic amines) is 1. The maximum atomic E-state index is 6.37. The van der Waals surface area contributed by atoms with Crippen LogP contribution in [0, 0.1) is 0 Å². The summed E-state index contributed by atoms with van der Waals surface area (Å²) in [7, 11) is 2.08. The van der Waals surface area contributed by atoms with Crippen molar-refractivity contribution in [1.29, 1.82) is 0 Å². The van der Waals surface area contributed by atoms with E-state index in [0.717, 1.165) is 44.1 Å². The molecule has 1 saturated heterocycles. The molecular formula is C21H25N3OS. The third-order valence-corrected chi connectivity index (χ3v) is 6.74. The van der Waals surface area contributed by atoms with Crippen molar-refractivity contribution in [2.75, 3.05) is 13.1 Å². The van der Waals surface area contributed by atoms with Gasteiger partial charge in [-0.1, -0.05) is 6.07 Å². The molecule has 2 fully saturated rings. The molecule has 26 heavy (non-hydrogen) atoms. The molecule has 1 aliphatic heterocycles. The quantitative estimate of drug-likeness (QED) is 0.662. The number of benzene rings is 1. The minimum Gasteiger partial charge on any atom is -0.490 e. The molecule has 1 aliphatic carbocycles. The number of rotatable bonds is 5. The molecular weight excluding hydrogens is 342 g/mol. The lowest BCUT2D eigenvalue weighted by Crippen LogP contribution is -2.37. The van der Waals surface area contributed by atoms with Crippen molar-refractivity contribution in [2.24, 2.45) is 7.05 Å². The van der Waals surface area contributed by atoms with Gasteiger partial charge in [0, 0.05) is 55.3 Å². The molecule has 3 aromatic rings. The highest BCUT2D eigenvalue weighted by Gasteiger charge is 2.27. The fraction of sp³-hybridized carbons (Fsp3) is 0.476. The van der Waals surface area contributed by atoms with Gasteiger partial charge < -0.3 is 9.30 Å². The highest BCUT2D eigenvalue weighted by atomic mass is 32.1. The van der Waals surface area contributed by atoms with E-state index in [9.17, 15) is 0 Å². The van der Waals surface area contributed by atoms with Crippen molar-refractivity contribution in [3.05, 3.63) is 46.5 Å². The zero-order valence-corrected chi connectivity index (χ0v) is 16.0. The molecule has 0 unspecified atom stereocenters. The van der Waals surface area contributed by atoms with Crippen molar-refractivity contribution < 1.29 is 4.74 Å². The largest absolute Gasteiger partial charge is 0.490 e. The van der Waals surface area contributed by atoms with Crippen LogP contribution in [0.4, 0.5) is 0 Å². The average Bonchev–Trinajstić information content (AvgIpc) is 3.29.